The Morgan fingerprint density at radius 2 is 2.04 bits per heavy atom. The van der Waals surface area contributed by atoms with Gasteiger partial charge in [0.1, 0.15) is 0 Å². The van der Waals surface area contributed by atoms with Crippen LogP contribution in [0.3, 0.4) is 0 Å². The Morgan fingerprint density at radius 3 is 2.83 bits per heavy atom. The molecular weight excluding hydrogens is 316 g/mol. The number of benzene rings is 1. The van der Waals surface area contributed by atoms with E-state index >= 15 is 0 Å². The second-order valence-electron chi connectivity index (χ2n) is 4.88. The minimum atomic E-state index is -1.10. The van der Waals surface area contributed by atoms with Crippen molar-refractivity contribution in [3.05, 3.63) is 72.2 Å². The molecule has 2 N–H and O–H groups in total. The summed E-state index contributed by atoms with van der Waals surface area (Å²) in [5, 5.41) is 8.91. The third kappa shape index (κ3) is 3.54. The molecule has 2 amide bonds. The second-order valence-corrected chi connectivity index (χ2v) is 4.88. The van der Waals surface area contributed by atoms with Gasteiger partial charge in [-0.15, -0.1) is 0 Å². The van der Waals surface area contributed by atoms with E-state index < -0.39 is 17.7 Å². The lowest BCUT2D eigenvalue weighted by Crippen LogP contribution is -2.28. The predicted octanol–water partition coefficient (Wildman–Crippen LogP) is 2.87. The van der Waals surface area contributed by atoms with E-state index in [0.29, 0.717) is 5.82 Å². The van der Waals surface area contributed by atoms with Crippen molar-refractivity contribution in [1.29, 1.82) is 0 Å². The van der Waals surface area contributed by atoms with E-state index in [9.17, 15) is 13.6 Å². The van der Waals surface area contributed by atoms with Gasteiger partial charge in [0.25, 0.3) is 0 Å². The fourth-order valence-corrected chi connectivity index (χ4v) is 2.05. The van der Waals surface area contributed by atoms with E-state index in [2.05, 4.69) is 20.7 Å². The number of carbonyl (C=O) groups excluding carboxylic acids is 1. The number of amides is 2. The molecule has 3 rings (SSSR count). The lowest BCUT2D eigenvalue weighted by Gasteiger charge is -2.09. The largest absolute Gasteiger partial charge is 0.334 e. The Kier molecular flexibility index (Phi) is 4.46. The van der Waals surface area contributed by atoms with Crippen LogP contribution in [-0.4, -0.2) is 20.8 Å². The monoisotopic (exact) mass is 329 g/mol. The summed E-state index contributed by atoms with van der Waals surface area (Å²) in [6.45, 7) is 0.194. The Balaban J connectivity index is 1.62. The average Bonchev–Trinajstić information content (AvgIpc) is 3.12. The van der Waals surface area contributed by atoms with Crippen molar-refractivity contribution >= 4 is 11.7 Å². The van der Waals surface area contributed by atoms with Crippen LogP contribution in [0.1, 0.15) is 5.56 Å². The van der Waals surface area contributed by atoms with E-state index in [1.165, 1.54) is 12.1 Å². The number of nitrogens with zero attached hydrogens (tertiary/aromatic N) is 3. The lowest BCUT2D eigenvalue weighted by atomic mass is 10.2. The molecular formula is C16H13F2N5O. The van der Waals surface area contributed by atoms with Gasteiger partial charge in [0, 0.05) is 25.1 Å². The molecule has 0 saturated heterocycles. The summed E-state index contributed by atoms with van der Waals surface area (Å²) in [4.78, 5) is 16.0. The van der Waals surface area contributed by atoms with Gasteiger partial charge >= 0.3 is 6.03 Å². The molecule has 0 aliphatic heterocycles. The van der Waals surface area contributed by atoms with Crippen LogP contribution in [-0.2, 0) is 6.54 Å². The van der Waals surface area contributed by atoms with E-state index in [0.717, 1.165) is 11.6 Å². The van der Waals surface area contributed by atoms with Gasteiger partial charge < -0.3 is 10.6 Å². The maximum atomic E-state index is 13.5. The highest BCUT2D eigenvalue weighted by molar-refractivity contribution is 5.89. The molecule has 0 unspecified atom stereocenters. The molecule has 122 valence electrons. The SMILES string of the molecule is O=C(NCc1ccnc(-n2cccn2)c1)Nc1cccc(F)c1F. The number of pyridine rings is 1. The molecule has 0 saturated carbocycles. The van der Waals surface area contributed by atoms with Gasteiger partial charge in [-0.05, 0) is 35.9 Å². The van der Waals surface area contributed by atoms with E-state index in [1.54, 1.807) is 41.5 Å². The molecule has 0 fully saturated rings. The summed E-state index contributed by atoms with van der Waals surface area (Å²) in [5.74, 6) is -1.51. The fraction of sp³-hybridized carbons (Fsp3) is 0.0625. The highest BCUT2D eigenvalue weighted by Gasteiger charge is 2.10. The van der Waals surface area contributed by atoms with Gasteiger partial charge in [0.15, 0.2) is 17.5 Å². The van der Waals surface area contributed by atoms with Crippen LogP contribution in [0.5, 0.6) is 0 Å². The van der Waals surface area contributed by atoms with E-state index in [-0.39, 0.29) is 12.2 Å². The molecule has 0 aliphatic carbocycles. The molecule has 6 nitrogen and oxygen atoms in total. The number of halogens is 2. The topological polar surface area (TPSA) is 71.8 Å². The van der Waals surface area contributed by atoms with Crippen molar-refractivity contribution in [2.24, 2.45) is 0 Å². The second kappa shape index (κ2) is 6.86. The van der Waals surface area contributed by atoms with Crippen LogP contribution in [0.4, 0.5) is 19.3 Å². The number of urea groups is 1. The van der Waals surface area contributed by atoms with Gasteiger partial charge in [-0.1, -0.05) is 6.07 Å². The molecule has 3 aromatic rings. The smallest absolute Gasteiger partial charge is 0.319 e. The Morgan fingerprint density at radius 1 is 1.17 bits per heavy atom. The maximum Gasteiger partial charge on any atom is 0.319 e. The van der Waals surface area contributed by atoms with Crippen LogP contribution in [0, 0.1) is 11.6 Å². The van der Waals surface area contributed by atoms with Crippen molar-refractivity contribution in [2.45, 2.75) is 6.54 Å². The highest BCUT2D eigenvalue weighted by Crippen LogP contribution is 2.16. The van der Waals surface area contributed by atoms with Crippen LogP contribution in [0.2, 0.25) is 0 Å². The number of hydrogen-bond acceptors (Lipinski definition) is 3. The van der Waals surface area contributed by atoms with Crippen molar-refractivity contribution in [1.82, 2.24) is 20.1 Å². The third-order valence-corrected chi connectivity index (χ3v) is 3.20. The standard InChI is InChI=1S/C16H13F2N5O/c17-12-3-1-4-13(15(12)18)22-16(24)20-10-11-5-7-19-14(9-11)23-8-2-6-21-23/h1-9H,10H2,(H2,20,22,24). The van der Waals surface area contributed by atoms with Gasteiger partial charge in [-0.3, -0.25) is 0 Å². The maximum absolute atomic E-state index is 13.5. The van der Waals surface area contributed by atoms with Crippen LogP contribution < -0.4 is 10.6 Å². The Hall–Kier alpha value is -3.29. The first kappa shape index (κ1) is 15.6. The quantitative estimate of drug-likeness (QED) is 0.773. The van der Waals surface area contributed by atoms with Crippen molar-refractivity contribution in [3.8, 4) is 5.82 Å². The minimum absolute atomic E-state index is 0.194. The Labute approximate surface area is 136 Å². The molecule has 24 heavy (non-hydrogen) atoms. The number of carbonyl (C=O) groups is 1. The van der Waals surface area contributed by atoms with Crippen LogP contribution >= 0.6 is 0 Å². The highest BCUT2D eigenvalue weighted by atomic mass is 19.2. The molecule has 0 radical (unpaired) electrons. The molecule has 0 aliphatic rings. The molecule has 2 heterocycles. The molecule has 0 bridgehead atoms. The van der Waals surface area contributed by atoms with Crippen molar-refractivity contribution in [3.63, 3.8) is 0 Å². The molecule has 1 aromatic carbocycles. The van der Waals surface area contributed by atoms with Gasteiger partial charge in [0.2, 0.25) is 0 Å². The van der Waals surface area contributed by atoms with Gasteiger partial charge in [-0.2, -0.15) is 5.10 Å². The summed E-state index contributed by atoms with van der Waals surface area (Å²) in [5.41, 5.74) is 0.560. The summed E-state index contributed by atoms with van der Waals surface area (Å²) < 4.78 is 28.2. The predicted molar refractivity (Wildman–Crippen MR) is 83.6 cm³/mol. The fourth-order valence-electron chi connectivity index (χ4n) is 2.05. The molecule has 0 atom stereocenters. The van der Waals surface area contributed by atoms with Gasteiger partial charge in [0.05, 0.1) is 5.69 Å². The molecule has 8 heteroatoms. The normalized spacial score (nSPS) is 10.4. The zero-order valence-electron chi connectivity index (χ0n) is 12.4. The molecule has 2 aromatic heterocycles. The first-order valence-corrected chi connectivity index (χ1v) is 7.07. The van der Waals surface area contributed by atoms with E-state index in [1.807, 2.05) is 0 Å². The summed E-state index contributed by atoms with van der Waals surface area (Å²) >= 11 is 0. The molecule has 0 spiro atoms. The number of aromatic nitrogens is 3. The third-order valence-electron chi connectivity index (χ3n) is 3.20. The van der Waals surface area contributed by atoms with Gasteiger partial charge in [-0.25, -0.2) is 23.2 Å². The lowest BCUT2D eigenvalue weighted by molar-refractivity contribution is 0.251. The summed E-state index contributed by atoms with van der Waals surface area (Å²) in [6.07, 6.45) is 4.98. The van der Waals surface area contributed by atoms with Crippen molar-refractivity contribution in [2.75, 3.05) is 5.32 Å². The first-order valence-electron chi connectivity index (χ1n) is 7.07. The number of rotatable bonds is 4. The first-order chi connectivity index (χ1) is 11.6. The van der Waals surface area contributed by atoms with Crippen LogP contribution in [0.25, 0.3) is 5.82 Å². The van der Waals surface area contributed by atoms with Crippen LogP contribution in [0.15, 0.2) is 55.0 Å². The number of nitrogens with one attached hydrogen (secondary N) is 2. The number of hydrogen-bond donors (Lipinski definition) is 2. The zero-order chi connectivity index (χ0) is 16.9. The number of anilines is 1. The Bertz CT molecular complexity index is 851. The van der Waals surface area contributed by atoms with Crippen molar-refractivity contribution < 1.29 is 13.6 Å². The van der Waals surface area contributed by atoms with E-state index in [4.69, 9.17) is 0 Å². The summed E-state index contributed by atoms with van der Waals surface area (Å²) in [7, 11) is 0. The average molecular weight is 329 g/mol. The minimum Gasteiger partial charge on any atom is -0.334 e. The zero-order valence-corrected chi connectivity index (χ0v) is 12.4. The summed E-state index contributed by atoms with van der Waals surface area (Å²) in [6, 6.07) is 8.19.